The van der Waals surface area contributed by atoms with Crippen LogP contribution in [-0.2, 0) is 32.3 Å². The second kappa shape index (κ2) is 11.2. The zero-order valence-corrected chi connectivity index (χ0v) is 24.6. The number of rotatable bonds is 9. The van der Waals surface area contributed by atoms with Gasteiger partial charge in [-0.3, -0.25) is 19.7 Å². The number of ether oxygens (including phenoxy) is 1. The third-order valence-corrected chi connectivity index (χ3v) is 8.77. The first-order valence-electron chi connectivity index (χ1n) is 11.6. The van der Waals surface area contributed by atoms with Gasteiger partial charge >= 0.3 is 5.97 Å². The van der Waals surface area contributed by atoms with E-state index in [1.165, 1.54) is 52.3 Å². The molecular formula is C24H24IN5O7S2. The summed E-state index contributed by atoms with van der Waals surface area (Å²) in [6.07, 6.45) is 4.99. The highest BCUT2D eigenvalue weighted by molar-refractivity contribution is 7.98. The molecule has 0 spiro atoms. The lowest BCUT2D eigenvalue weighted by atomic mass is 9.83. The topological polar surface area (TPSA) is 161 Å². The largest absolute Gasteiger partial charge is 1.00 e. The Kier molecular flexibility index (Phi) is 8.34. The van der Waals surface area contributed by atoms with Gasteiger partial charge in [-0.25, -0.2) is 9.36 Å². The second-order valence-corrected chi connectivity index (χ2v) is 10.9. The van der Waals surface area contributed by atoms with E-state index in [-0.39, 0.29) is 60.5 Å². The summed E-state index contributed by atoms with van der Waals surface area (Å²) in [5.41, 5.74) is 6.64. The van der Waals surface area contributed by atoms with Gasteiger partial charge in [-0.1, -0.05) is 23.1 Å². The first-order valence-corrected chi connectivity index (χ1v) is 13.7. The molecule has 3 N–H and O–H groups in total. The van der Waals surface area contributed by atoms with Gasteiger partial charge in [0.2, 0.25) is 15.8 Å². The van der Waals surface area contributed by atoms with Crippen LogP contribution in [0, 0.1) is 16.0 Å². The number of nitrogens with zero attached hydrogens (tertiary/aromatic N) is 4. The Morgan fingerprint density at radius 2 is 2.05 bits per heavy atom. The van der Waals surface area contributed by atoms with E-state index in [4.69, 9.17) is 10.5 Å². The highest BCUT2D eigenvalue weighted by Crippen LogP contribution is 2.48. The third-order valence-electron chi connectivity index (χ3n) is 6.66. The molecule has 2 aromatic heterocycles. The molecule has 5 rings (SSSR count). The van der Waals surface area contributed by atoms with E-state index in [0.29, 0.717) is 17.6 Å². The maximum absolute atomic E-state index is 13.3. The smallest absolute Gasteiger partial charge is 0.355 e. The minimum absolute atomic E-state index is 0. The molecule has 1 fully saturated rings. The number of amides is 2. The van der Waals surface area contributed by atoms with Crippen LogP contribution in [0.5, 0.6) is 0 Å². The number of benzene rings is 1. The van der Waals surface area contributed by atoms with Crippen LogP contribution in [0.25, 0.3) is 10.4 Å². The number of hydrogen-bond acceptors (Lipinski definition) is 9. The van der Waals surface area contributed by atoms with Crippen LogP contribution >= 0.6 is 23.1 Å². The normalized spacial score (nSPS) is 18.9. The fourth-order valence-electron chi connectivity index (χ4n) is 4.97. The first kappa shape index (κ1) is 29.0. The van der Waals surface area contributed by atoms with Crippen molar-refractivity contribution in [3.8, 4) is 0 Å². The van der Waals surface area contributed by atoms with Crippen molar-refractivity contribution in [1.29, 1.82) is 0 Å². The number of halogens is 1. The number of aliphatic hydroxyl groups is 1. The fraction of sp³-hybridized carbons (Fsp3) is 0.333. The fourth-order valence-corrected chi connectivity index (χ4v) is 7.06. The molecule has 0 unspecified atom stereocenters. The van der Waals surface area contributed by atoms with Crippen LogP contribution < -0.4 is 34.3 Å². The molecule has 0 saturated carbocycles. The lowest BCUT2D eigenvalue weighted by molar-refractivity contribution is -0.717. The molecule has 15 heteroatoms. The molecule has 3 aromatic rings. The molecule has 39 heavy (non-hydrogen) atoms. The van der Waals surface area contributed by atoms with Gasteiger partial charge in [0.05, 0.1) is 27.9 Å². The molecule has 2 aliphatic rings. The SMILES string of the molecule is CSc1c2sc(C3=C(C(=O)OCc4ccc([N+](=O)[O-])cc4)N4C(=O)[C@H]([C@@H](C)O)[C@H]4C3)cn2c[n+]1CC(N)=O.[I-]. The number of aliphatic hydroxyl groups excluding tert-OH is 1. The number of nitro benzene ring substituents is 1. The number of carbonyl (C=O) groups is 3. The summed E-state index contributed by atoms with van der Waals surface area (Å²) in [4.78, 5) is 51.1. The van der Waals surface area contributed by atoms with E-state index in [1.54, 1.807) is 17.8 Å². The van der Waals surface area contributed by atoms with E-state index in [1.807, 2.05) is 16.9 Å². The highest BCUT2D eigenvalue weighted by atomic mass is 127. The molecule has 0 aliphatic carbocycles. The molecule has 1 saturated heterocycles. The Morgan fingerprint density at radius 1 is 1.36 bits per heavy atom. The number of fused-ring (bicyclic) bond motifs is 2. The highest BCUT2D eigenvalue weighted by Gasteiger charge is 2.57. The van der Waals surface area contributed by atoms with Gasteiger partial charge in [-0.05, 0) is 37.3 Å². The summed E-state index contributed by atoms with van der Waals surface area (Å²) in [5, 5.41) is 21.9. The van der Waals surface area contributed by atoms with Gasteiger partial charge in [0.15, 0.2) is 6.54 Å². The average Bonchev–Trinajstić information content (AvgIpc) is 3.50. The molecule has 3 atom stereocenters. The summed E-state index contributed by atoms with van der Waals surface area (Å²) in [6, 6.07) is 5.30. The van der Waals surface area contributed by atoms with Crippen molar-refractivity contribution in [2.24, 2.45) is 11.7 Å². The number of aromatic nitrogens is 2. The lowest BCUT2D eigenvalue weighted by Crippen LogP contribution is -3.00. The van der Waals surface area contributed by atoms with Crippen molar-refractivity contribution < 1.29 is 57.7 Å². The Balaban J connectivity index is 0.00000353. The van der Waals surface area contributed by atoms with Crippen LogP contribution in [-0.4, -0.2) is 55.5 Å². The zero-order chi connectivity index (χ0) is 27.3. The summed E-state index contributed by atoms with van der Waals surface area (Å²) >= 11 is 2.88. The number of esters is 1. The second-order valence-electron chi connectivity index (χ2n) is 9.10. The molecular weight excluding hydrogens is 661 g/mol. The van der Waals surface area contributed by atoms with Gasteiger partial charge in [-0.15, -0.1) is 0 Å². The summed E-state index contributed by atoms with van der Waals surface area (Å²) in [6.45, 7) is 1.46. The van der Waals surface area contributed by atoms with E-state index in [2.05, 4.69) is 0 Å². The Bertz CT molecular complexity index is 1510. The minimum atomic E-state index is -0.865. The Labute approximate surface area is 247 Å². The quantitative estimate of drug-likeness (QED) is 0.0522. The van der Waals surface area contributed by atoms with E-state index < -0.39 is 28.8 Å². The predicted octanol–water partition coefficient (Wildman–Crippen LogP) is -1.53. The summed E-state index contributed by atoms with van der Waals surface area (Å²) in [5.74, 6) is -2.11. The van der Waals surface area contributed by atoms with Gasteiger partial charge in [0.1, 0.15) is 18.5 Å². The molecule has 2 aliphatic heterocycles. The number of hydrogen-bond donors (Lipinski definition) is 2. The minimum Gasteiger partial charge on any atom is -1.00 e. The maximum atomic E-state index is 13.3. The van der Waals surface area contributed by atoms with Crippen LogP contribution in [0.4, 0.5) is 5.69 Å². The number of carbonyl (C=O) groups excluding carboxylic acids is 3. The van der Waals surface area contributed by atoms with Crippen LogP contribution in [0.2, 0.25) is 0 Å². The lowest BCUT2D eigenvalue weighted by Gasteiger charge is -2.44. The van der Waals surface area contributed by atoms with Gasteiger partial charge in [0.25, 0.3) is 17.9 Å². The van der Waals surface area contributed by atoms with Crippen molar-refractivity contribution in [1.82, 2.24) is 9.30 Å². The number of non-ortho nitro benzene ring substituents is 1. The maximum Gasteiger partial charge on any atom is 0.355 e. The van der Waals surface area contributed by atoms with Gasteiger partial charge in [-0.2, -0.15) is 4.40 Å². The predicted molar refractivity (Wildman–Crippen MR) is 137 cm³/mol. The number of thioether (sulfide) groups is 1. The number of β-lactam (4-membered cyclic amide) rings is 1. The molecule has 12 nitrogen and oxygen atoms in total. The monoisotopic (exact) mass is 685 g/mol. The van der Waals surface area contributed by atoms with E-state index in [9.17, 15) is 29.6 Å². The zero-order valence-electron chi connectivity index (χ0n) is 20.8. The Morgan fingerprint density at radius 3 is 2.64 bits per heavy atom. The number of imidazole rings is 1. The van der Waals surface area contributed by atoms with Crippen LogP contribution in [0.3, 0.4) is 0 Å². The molecule has 206 valence electrons. The molecule has 0 radical (unpaired) electrons. The number of primary amides is 1. The number of nitro groups is 1. The molecule has 2 amide bonds. The van der Waals surface area contributed by atoms with Crippen molar-refractivity contribution in [2.45, 2.75) is 43.7 Å². The van der Waals surface area contributed by atoms with E-state index in [0.717, 1.165) is 14.7 Å². The Hall–Kier alpha value is -3.02. The van der Waals surface area contributed by atoms with Gasteiger partial charge < -0.3 is 44.5 Å². The molecule has 1 aromatic carbocycles. The molecule has 4 heterocycles. The average molecular weight is 686 g/mol. The van der Waals surface area contributed by atoms with Gasteiger partial charge in [0, 0.05) is 17.7 Å². The summed E-state index contributed by atoms with van der Waals surface area (Å²) < 4.78 is 9.15. The third kappa shape index (κ3) is 5.15. The van der Waals surface area contributed by atoms with Crippen molar-refractivity contribution in [3.63, 3.8) is 0 Å². The van der Waals surface area contributed by atoms with Crippen molar-refractivity contribution >= 4 is 57.0 Å². The first-order chi connectivity index (χ1) is 18.1. The van der Waals surface area contributed by atoms with E-state index >= 15 is 0 Å². The number of nitrogens with two attached hydrogens (primary N) is 1. The van der Waals surface area contributed by atoms with Crippen molar-refractivity contribution in [2.75, 3.05) is 6.26 Å². The van der Waals surface area contributed by atoms with Crippen LogP contribution in [0.15, 0.2) is 47.5 Å². The summed E-state index contributed by atoms with van der Waals surface area (Å²) in [7, 11) is 0. The number of thiazole rings is 1. The van der Waals surface area contributed by atoms with Crippen molar-refractivity contribution in [3.05, 3.63) is 63.0 Å². The molecule has 0 bridgehead atoms. The standard InChI is InChI=1S/C24H23N5O7S2.HI/c1-12(30)19-16-7-15(17-8-26-11-27(9-18(25)31)22(37-2)23(26)38-17)20(28(16)21(19)32)24(33)36-10-13-3-5-14(6-4-13)29(34)35;/h3-6,8,11-12,16,19,30H,7,9-10H2,1-2H3,(H-,25,31);1H/t12-,16-,19-;/m1./s1. The van der Waals surface area contributed by atoms with Crippen LogP contribution in [0.1, 0.15) is 23.8 Å².